The minimum absolute atomic E-state index is 0. The van der Waals surface area contributed by atoms with Crippen molar-refractivity contribution < 1.29 is 43.2 Å². The van der Waals surface area contributed by atoms with Crippen molar-refractivity contribution in [2.24, 2.45) is 0 Å². The molecule has 107 valence electrons. The molecule has 3 aromatic carbocycles. The van der Waals surface area contributed by atoms with Gasteiger partial charge in [-0.2, -0.15) is 0 Å². The molecule has 0 saturated carbocycles. The Labute approximate surface area is 156 Å². The van der Waals surface area contributed by atoms with Gasteiger partial charge in [0.1, 0.15) is 0 Å². The number of hydrogen-bond acceptors (Lipinski definition) is 1. The third-order valence-corrected chi connectivity index (χ3v) is 6.44. The Bertz CT molecular complexity index is 624. The zero-order valence-corrected chi connectivity index (χ0v) is 14.4. The summed E-state index contributed by atoms with van der Waals surface area (Å²) in [6.45, 7) is 0. The van der Waals surface area contributed by atoms with E-state index in [1.807, 2.05) is 91.0 Å². The van der Waals surface area contributed by atoms with Gasteiger partial charge < -0.3 is 4.57 Å². The van der Waals surface area contributed by atoms with Crippen LogP contribution in [0.5, 0.6) is 0 Å². The molecule has 0 N–H and O–H groups in total. The second kappa shape index (κ2) is 7.44. The molecule has 21 heavy (non-hydrogen) atoms. The molecule has 3 heteroatoms. The molecular formula is C18H15OPTb. The summed E-state index contributed by atoms with van der Waals surface area (Å²) < 4.78 is 13.8. The Balaban J connectivity index is 0.00000161. The van der Waals surface area contributed by atoms with Crippen molar-refractivity contribution in [3.8, 4) is 0 Å². The Hall–Kier alpha value is -0.824. The van der Waals surface area contributed by atoms with E-state index in [9.17, 15) is 4.57 Å². The molecule has 0 atom stereocenters. The second-order valence-corrected chi connectivity index (χ2v) is 7.38. The van der Waals surface area contributed by atoms with E-state index >= 15 is 0 Å². The SMILES string of the molecule is O=P(c1ccccc1)(c1ccccc1)c1ccccc1.[Tb]. The summed E-state index contributed by atoms with van der Waals surface area (Å²) in [7, 11) is -2.78. The molecular weight excluding hydrogens is 422 g/mol. The summed E-state index contributed by atoms with van der Waals surface area (Å²) in [5.74, 6) is 0. The Morgan fingerprint density at radius 3 is 0.952 bits per heavy atom. The van der Waals surface area contributed by atoms with Gasteiger partial charge in [0.15, 0.2) is 7.14 Å². The predicted molar refractivity (Wildman–Crippen MR) is 85.8 cm³/mol. The van der Waals surface area contributed by atoms with E-state index in [1.54, 1.807) is 0 Å². The van der Waals surface area contributed by atoms with Crippen molar-refractivity contribution in [1.82, 2.24) is 0 Å². The van der Waals surface area contributed by atoms with E-state index in [1.165, 1.54) is 0 Å². The normalized spacial score (nSPS) is 10.7. The van der Waals surface area contributed by atoms with Gasteiger partial charge in [0.05, 0.1) is 0 Å². The average molecular weight is 437 g/mol. The molecule has 3 aromatic rings. The summed E-state index contributed by atoms with van der Waals surface area (Å²) in [6.07, 6.45) is 0. The fourth-order valence-electron chi connectivity index (χ4n) is 2.36. The Morgan fingerprint density at radius 2 is 0.714 bits per heavy atom. The maximum absolute atomic E-state index is 13.8. The van der Waals surface area contributed by atoms with E-state index in [2.05, 4.69) is 0 Å². The van der Waals surface area contributed by atoms with Crippen molar-refractivity contribution in [2.75, 3.05) is 0 Å². The molecule has 0 aromatic heterocycles. The quantitative estimate of drug-likeness (QED) is 0.575. The third-order valence-electron chi connectivity index (χ3n) is 3.36. The van der Waals surface area contributed by atoms with Gasteiger partial charge in [-0.25, -0.2) is 0 Å². The number of rotatable bonds is 3. The average Bonchev–Trinajstić information content (AvgIpc) is 2.56. The molecule has 1 radical (unpaired) electrons. The van der Waals surface area contributed by atoms with Gasteiger partial charge in [-0.05, 0) is 0 Å². The molecule has 0 fully saturated rings. The van der Waals surface area contributed by atoms with E-state index in [4.69, 9.17) is 0 Å². The maximum Gasteiger partial charge on any atom is 0.171 e. The summed E-state index contributed by atoms with van der Waals surface area (Å²) >= 11 is 0. The van der Waals surface area contributed by atoms with Crippen LogP contribution in [-0.4, -0.2) is 0 Å². The van der Waals surface area contributed by atoms with Crippen LogP contribution in [0.4, 0.5) is 0 Å². The van der Waals surface area contributed by atoms with Gasteiger partial charge in [0, 0.05) is 54.5 Å². The van der Waals surface area contributed by atoms with Gasteiger partial charge in [-0.1, -0.05) is 91.0 Å². The summed E-state index contributed by atoms with van der Waals surface area (Å²) in [5, 5.41) is 2.62. The van der Waals surface area contributed by atoms with Crippen molar-refractivity contribution in [3.63, 3.8) is 0 Å². The predicted octanol–water partition coefficient (Wildman–Crippen LogP) is 3.33. The van der Waals surface area contributed by atoms with Crippen LogP contribution in [0.25, 0.3) is 0 Å². The molecule has 0 heterocycles. The second-order valence-electron chi connectivity index (χ2n) is 4.62. The molecule has 1 nitrogen and oxygen atoms in total. The van der Waals surface area contributed by atoms with Crippen LogP contribution in [0.2, 0.25) is 0 Å². The topological polar surface area (TPSA) is 17.1 Å². The van der Waals surface area contributed by atoms with Crippen molar-refractivity contribution in [3.05, 3.63) is 91.0 Å². The first-order valence-electron chi connectivity index (χ1n) is 6.59. The van der Waals surface area contributed by atoms with Crippen LogP contribution in [0.15, 0.2) is 91.0 Å². The summed E-state index contributed by atoms with van der Waals surface area (Å²) in [4.78, 5) is 0. The molecule has 3 rings (SSSR count). The Kier molecular flexibility index (Phi) is 5.86. The van der Waals surface area contributed by atoms with Crippen LogP contribution in [-0.2, 0) is 4.57 Å². The molecule has 0 saturated heterocycles. The first-order chi connectivity index (χ1) is 9.82. The standard InChI is InChI=1S/C18H15OP.Tb/c19-20(16-10-4-1-5-11-16,17-12-6-2-7-13-17)18-14-8-3-9-15-18;/h1-15H;. The first kappa shape index (κ1) is 16.5. The molecule has 0 aliphatic heterocycles. The molecule has 0 aliphatic carbocycles. The molecule has 0 spiro atoms. The van der Waals surface area contributed by atoms with Crippen LogP contribution in [0.3, 0.4) is 0 Å². The molecule has 0 unspecified atom stereocenters. The van der Waals surface area contributed by atoms with Crippen LogP contribution in [0, 0.1) is 38.6 Å². The third kappa shape index (κ3) is 3.34. The number of hydrogen-bond donors (Lipinski definition) is 0. The number of benzene rings is 3. The zero-order valence-electron chi connectivity index (χ0n) is 11.3. The zero-order chi connectivity index (χ0) is 13.8. The molecule has 0 aliphatic rings. The summed E-state index contributed by atoms with van der Waals surface area (Å²) in [5.41, 5.74) is 0. The van der Waals surface area contributed by atoms with Crippen LogP contribution < -0.4 is 15.9 Å². The monoisotopic (exact) mass is 437 g/mol. The molecule has 0 amide bonds. The van der Waals surface area contributed by atoms with Crippen molar-refractivity contribution in [2.45, 2.75) is 0 Å². The fraction of sp³-hybridized carbons (Fsp3) is 0. The minimum Gasteiger partial charge on any atom is -0.309 e. The van der Waals surface area contributed by atoms with Gasteiger partial charge in [0.2, 0.25) is 0 Å². The van der Waals surface area contributed by atoms with Crippen LogP contribution >= 0.6 is 7.14 Å². The van der Waals surface area contributed by atoms with Crippen molar-refractivity contribution in [1.29, 1.82) is 0 Å². The van der Waals surface area contributed by atoms with Crippen LogP contribution in [0.1, 0.15) is 0 Å². The smallest absolute Gasteiger partial charge is 0.171 e. The minimum atomic E-state index is -2.78. The van der Waals surface area contributed by atoms with Gasteiger partial charge >= 0.3 is 0 Å². The van der Waals surface area contributed by atoms with E-state index in [-0.39, 0.29) is 38.6 Å². The first-order valence-corrected chi connectivity index (χ1v) is 8.29. The van der Waals surface area contributed by atoms with Crippen molar-refractivity contribution >= 4 is 23.1 Å². The van der Waals surface area contributed by atoms with Gasteiger partial charge in [-0.15, -0.1) is 0 Å². The largest absolute Gasteiger partial charge is 0.309 e. The maximum atomic E-state index is 13.8. The van der Waals surface area contributed by atoms with Gasteiger partial charge in [-0.3, -0.25) is 0 Å². The Morgan fingerprint density at radius 1 is 0.476 bits per heavy atom. The fourth-order valence-corrected chi connectivity index (χ4v) is 5.03. The van der Waals surface area contributed by atoms with E-state index < -0.39 is 7.14 Å². The summed E-state index contributed by atoms with van der Waals surface area (Å²) in [6, 6.07) is 29.1. The molecule has 0 bridgehead atoms. The van der Waals surface area contributed by atoms with Gasteiger partial charge in [0.25, 0.3) is 0 Å². The van der Waals surface area contributed by atoms with E-state index in [0.717, 1.165) is 15.9 Å². The van der Waals surface area contributed by atoms with E-state index in [0.29, 0.717) is 0 Å².